The molecule has 0 bridgehead atoms. The molecule has 0 aliphatic rings. The van der Waals surface area contributed by atoms with Crippen LogP contribution in [-0.2, 0) is 16.2 Å². The van der Waals surface area contributed by atoms with Crippen LogP contribution < -0.4 is 4.72 Å². The predicted molar refractivity (Wildman–Crippen MR) is 89.5 cm³/mol. The highest BCUT2D eigenvalue weighted by molar-refractivity contribution is 7.89. The molecular weight excluding hydrogens is 371 g/mol. The molecule has 0 saturated carbocycles. The molecule has 1 unspecified atom stereocenters. The van der Waals surface area contributed by atoms with Crippen LogP contribution in [0.15, 0.2) is 41.4 Å². The van der Waals surface area contributed by atoms with Crippen LogP contribution in [0.4, 0.5) is 13.2 Å². The fourth-order valence-corrected chi connectivity index (χ4v) is 3.42. The first kappa shape index (κ1) is 20.1. The Morgan fingerprint density at radius 2 is 1.96 bits per heavy atom. The Morgan fingerprint density at radius 3 is 2.46 bits per heavy atom. The number of hydrogen-bond acceptors (Lipinski definition) is 5. The van der Waals surface area contributed by atoms with Crippen molar-refractivity contribution >= 4 is 10.0 Å². The third-order valence-corrected chi connectivity index (χ3v) is 4.79. The molecule has 0 fully saturated rings. The Kier molecular flexibility index (Phi) is 6.19. The van der Waals surface area contributed by atoms with Gasteiger partial charge in [0.2, 0.25) is 15.8 Å². The van der Waals surface area contributed by atoms with Crippen LogP contribution in [-0.4, -0.2) is 24.3 Å². The van der Waals surface area contributed by atoms with Crippen molar-refractivity contribution in [3.63, 3.8) is 0 Å². The number of nitrogens with zero attached hydrogens (tertiary/aromatic N) is 2. The van der Waals surface area contributed by atoms with Crippen molar-refractivity contribution in [3.8, 4) is 11.4 Å². The lowest BCUT2D eigenvalue weighted by atomic mass is 10.0. The Morgan fingerprint density at radius 1 is 1.31 bits per heavy atom. The Balaban J connectivity index is 2.23. The van der Waals surface area contributed by atoms with E-state index < -0.39 is 28.1 Å². The Labute approximate surface area is 149 Å². The molecule has 0 saturated heterocycles. The molecule has 142 valence electrons. The smallest absolute Gasteiger partial charge is 0.329 e. The van der Waals surface area contributed by atoms with E-state index in [0.717, 1.165) is 6.42 Å². The van der Waals surface area contributed by atoms with Crippen molar-refractivity contribution in [2.45, 2.75) is 32.0 Å². The first-order valence-corrected chi connectivity index (χ1v) is 9.43. The van der Waals surface area contributed by atoms with Crippen molar-refractivity contribution < 1.29 is 26.1 Å². The minimum atomic E-state index is -4.71. The molecule has 1 atom stereocenters. The van der Waals surface area contributed by atoms with Crippen LogP contribution in [0.1, 0.15) is 37.3 Å². The van der Waals surface area contributed by atoms with Gasteiger partial charge in [0, 0.05) is 11.6 Å². The summed E-state index contributed by atoms with van der Waals surface area (Å²) >= 11 is 0. The third kappa shape index (κ3) is 5.15. The number of alkyl halides is 3. The zero-order chi connectivity index (χ0) is 19.4. The summed E-state index contributed by atoms with van der Waals surface area (Å²) in [6.07, 6.45) is -2.11. The monoisotopic (exact) mass is 389 g/mol. The van der Waals surface area contributed by atoms with Crippen LogP contribution in [0.5, 0.6) is 0 Å². The normalized spacial score (nSPS) is 13.5. The second-order valence-electron chi connectivity index (χ2n) is 5.57. The van der Waals surface area contributed by atoms with Gasteiger partial charge in [-0.2, -0.15) is 18.2 Å². The molecule has 6 nitrogen and oxygen atoms in total. The first-order valence-electron chi connectivity index (χ1n) is 7.78. The van der Waals surface area contributed by atoms with Gasteiger partial charge in [-0.1, -0.05) is 48.8 Å². The summed E-state index contributed by atoms with van der Waals surface area (Å²) in [6, 6.07) is 5.83. The number of rotatable bonds is 8. The van der Waals surface area contributed by atoms with Crippen molar-refractivity contribution in [1.82, 2.24) is 14.9 Å². The summed E-state index contributed by atoms with van der Waals surface area (Å²) < 4.78 is 68.3. The summed E-state index contributed by atoms with van der Waals surface area (Å²) in [4.78, 5) is 3.32. The van der Waals surface area contributed by atoms with Crippen molar-refractivity contribution in [1.29, 1.82) is 0 Å². The molecule has 1 aromatic heterocycles. The number of hydrogen-bond donors (Lipinski definition) is 1. The van der Waals surface area contributed by atoms with Crippen LogP contribution in [0, 0.1) is 0 Å². The van der Waals surface area contributed by atoms with Crippen LogP contribution in [0.2, 0.25) is 0 Å². The molecule has 10 heteroatoms. The van der Waals surface area contributed by atoms with E-state index in [0.29, 0.717) is 17.5 Å². The maximum Gasteiger partial charge on any atom is 0.471 e. The molecule has 2 rings (SSSR count). The van der Waals surface area contributed by atoms with E-state index in [1.54, 1.807) is 12.1 Å². The molecule has 0 amide bonds. The van der Waals surface area contributed by atoms with Gasteiger partial charge in [0.15, 0.2) is 0 Å². The lowest BCUT2D eigenvalue weighted by molar-refractivity contribution is -0.159. The topological polar surface area (TPSA) is 85.1 Å². The van der Waals surface area contributed by atoms with Crippen LogP contribution in [0.25, 0.3) is 11.4 Å². The van der Waals surface area contributed by atoms with Crippen molar-refractivity contribution in [3.05, 3.63) is 48.4 Å². The van der Waals surface area contributed by atoms with Gasteiger partial charge in [0.05, 0.1) is 5.75 Å². The highest BCUT2D eigenvalue weighted by Crippen LogP contribution is 2.30. The second kappa shape index (κ2) is 8.00. The lowest BCUT2D eigenvalue weighted by Gasteiger charge is -2.18. The van der Waals surface area contributed by atoms with Gasteiger partial charge in [-0.3, -0.25) is 0 Å². The first-order chi connectivity index (χ1) is 12.2. The average molecular weight is 389 g/mol. The Hall–Kier alpha value is -2.20. The van der Waals surface area contributed by atoms with E-state index in [2.05, 4.69) is 26.0 Å². The average Bonchev–Trinajstić information content (AvgIpc) is 3.04. The van der Waals surface area contributed by atoms with Gasteiger partial charge < -0.3 is 4.52 Å². The van der Waals surface area contributed by atoms with Crippen LogP contribution >= 0.6 is 0 Å². The van der Waals surface area contributed by atoms with Crippen molar-refractivity contribution in [2.75, 3.05) is 5.75 Å². The highest BCUT2D eigenvalue weighted by atomic mass is 32.2. The maximum atomic E-state index is 12.5. The molecule has 1 aromatic carbocycles. The largest absolute Gasteiger partial charge is 0.471 e. The number of halogens is 3. The van der Waals surface area contributed by atoms with Crippen molar-refractivity contribution in [2.24, 2.45) is 0 Å². The zero-order valence-corrected chi connectivity index (χ0v) is 14.8. The molecule has 0 spiro atoms. The fraction of sp³-hybridized carbons (Fsp3) is 0.375. The summed E-state index contributed by atoms with van der Waals surface area (Å²) in [5.41, 5.74) is 1.01. The molecule has 2 aromatic rings. The maximum absolute atomic E-state index is 12.5. The fourth-order valence-electron chi connectivity index (χ4n) is 2.32. The molecule has 1 N–H and O–H groups in total. The second-order valence-corrected chi connectivity index (χ2v) is 7.37. The number of benzene rings is 1. The summed E-state index contributed by atoms with van der Waals surface area (Å²) in [6.45, 7) is 5.33. The van der Waals surface area contributed by atoms with E-state index in [1.807, 2.05) is 6.92 Å². The standard InChI is InChI=1S/C16H18F3N3O3S/c1-3-5-13(22-26(23,24)10-4-2)11-6-8-12(9-7-11)14-20-15(25-21-14)16(17,18)19/h4,6-9,13,22H,2-3,5,10H2,1H3. The van der Waals surface area contributed by atoms with Gasteiger partial charge in [-0.25, -0.2) is 13.1 Å². The van der Waals surface area contributed by atoms with Gasteiger partial charge in [-0.15, -0.1) is 6.58 Å². The van der Waals surface area contributed by atoms with Gasteiger partial charge in [0.25, 0.3) is 0 Å². The van der Waals surface area contributed by atoms with E-state index in [-0.39, 0.29) is 11.6 Å². The summed E-state index contributed by atoms with van der Waals surface area (Å²) in [7, 11) is -3.51. The molecule has 26 heavy (non-hydrogen) atoms. The predicted octanol–water partition coefficient (Wildman–Crippen LogP) is 3.70. The summed E-state index contributed by atoms with van der Waals surface area (Å²) in [5, 5.41) is 3.32. The number of sulfonamides is 1. The quantitative estimate of drug-likeness (QED) is 0.696. The molecule has 0 radical (unpaired) electrons. The molecule has 1 heterocycles. The number of nitrogens with one attached hydrogen (secondary N) is 1. The van der Waals surface area contributed by atoms with Gasteiger partial charge in [0.1, 0.15) is 0 Å². The minimum Gasteiger partial charge on any atom is -0.329 e. The molecule has 0 aliphatic carbocycles. The number of aromatic nitrogens is 2. The zero-order valence-electron chi connectivity index (χ0n) is 14.0. The SMILES string of the molecule is C=CCS(=O)(=O)NC(CCC)c1ccc(-c2noc(C(F)(F)F)n2)cc1. The molecular formula is C16H18F3N3O3S. The van der Waals surface area contributed by atoms with E-state index in [1.165, 1.54) is 18.2 Å². The lowest BCUT2D eigenvalue weighted by Crippen LogP contribution is -2.30. The van der Waals surface area contributed by atoms with Crippen LogP contribution in [0.3, 0.4) is 0 Å². The van der Waals surface area contributed by atoms with E-state index in [4.69, 9.17) is 0 Å². The van der Waals surface area contributed by atoms with Gasteiger partial charge in [-0.05, 0) is 12.0 Å². The highest BCUT2D eigenvalue weighted by Gasteiger charge is 2.38. The minimum absolute atomic E-state index is 0.192. The van der Waals surface area contributed by atoms with E-state index in [9.17, 15) is 21.6 Å². The Bertz CT molecular complexity index is 846. The molecule has 0 aliphatic heterocycles. The summed E-state index contributed by atoms with van der Waals surface area (Å²) in [5.74, 6) is -1.81. The van der Waals surface area contributed by atoms with Gasteiger partial charge >= 0.3 is 12.1 Å². The van der Waals surface area contributed by atoms with E-state index >= 15 is 0 Å². The third-order valence-electron chi connectivity index (χ3n) is 3.48.